The van der Waals surface area contributed by atoms with Crippen molar-refractivity contribution in [1.82, 2.24) is 5.32 Å². The minimum absolute atomic E-state index is 0.440. The summed E-state index contributed by atoms with van der Waals surface area (Å²) in [6.45, 7) is 2.22. The van der Waals surface area contributed by atoms with E-state index in [0.717, 1.165) is 6.54 Å². The second-order valence-corrected chi connectivity index (χ2v) is 3.78. The highest BCUT2D eigenvalue weighted by Crippen LogP contribution is 2.52. The van der Waals surface area contributed by atoms with Crippen LogP contribution in [0.3, 0.4) is 0 Å². The Balaban J connectivity index is 2.02. The van der Waals surface area contributed by atoms with Gasteiger partial charge in [-0.3, -0.25) is 0 Å². The van der Waals surface area contributed by atoms with Crippen molar-refractivity contribution >= 4 is 0 Å². The van der Waals surface area contributed by atoms with E-state index in [4.69, 9.17) is 5.73 Å². The molecule has 1 spiro atoms. The SMILES string of the molecule is NC1CNCCCC12CC2. The summed E-state index contributed by atoms with van der Waals surface area (Å²) < 4.78 is 0. The van der Waals surface area contributed by atoms with Crippen LogP contribution in [0.25, 0.3) is 0 Å². The topological polar surface area (TPSA) is 38.0 Å². The highest BCUT2D eigenvalue weighted by Gasteiger charge is 2.47. The molecule has 1 saturated carbocycles. The van der Waals surface area contributed by atoms with E-state index in [9.17, 15) is 0 Å². The Hall–Kier alpha value is -0.0800. The van der Waals surface area contributed by atoms with Crippen LogP contribution in [0.2, 0.25) is 0 Å². The van der Waals surface area contributed by atoms with E-state index in [2.05, 4.69) is 5.32 Å². The maximum Gasteiger partial charge on any atom is 0.0222 e. The molecule has 2 nitrogen and oxygen atoms in total. The van der Waals surface area contributed by atoms with Crippen molar-refractivity contribution in [2.75, 3.05) is 13.1 Å². The lowest BCUT2D eigenvalue weighted by Crippen LogP contribution is -2.38. The minimum Gasteiger partial charge on any atom is -0.326 e. The largest absolute Gasteiger partial charge is 0.326 e. The molecule has 0 radical (unpaired) electrons. The van der Waals surface area contributed by atoms with Crippen LogP contribution in [-0.4, -0.2) is 19.1 Å². The van der Waals surface area contributed by atoms with Crippen molar-refractivity contribution in [3.63, 3.8) is 0 Å². The third kappa shape index (κ3) is 0.956. The first kappa shape index (κ1) is 6.62. The number of hydrogen-bond donors (Lipinski definition) is 2. The zero-order valence-electron chi connectivity index (χ0n) is 6.40. The normalized spacial score (nSPS) is 37.5. The quantitative estimate of drug-likeness (QED) is 0.513. The molecule has 0 aromatic heterocycles. The van der Waals surface area contributed by atoms with Crippen molar-refractivity contribution in [2.45, 2.75) is 31.7 Å². The summed E-state index contributed by atoms with van der Waals surface area (Å²) in [7, 11) is 0. The van der Waals surface area contributed by atoms with Crippen molar-refractivity contribution in [1.29, 1.82) is 0 Å². The van der Waals surface area contributed by atoms with Crippen LogP contribution in [0.15, 0.2) is 0 Å². The molecule has 1 saturated heterocycles. The fourth-order valence-corrected chi connectivity index (χ4v) is 2.01. The first-order chi connectivity index (χ1) is 4.83. The Bertz CT molecular complexity index is 129. The van der Waals surface area contributed by atoms with Crippen molar-refractivity contribution < 1.29 is 0 Å². The van der Waals surface area contributed by atoms with Crippen LogP contribution in [0.5, 0.6) is 0 Å². The maximum atomic E-state index is 6.01. The van der Waals surface area contributed by atoms with Gasteiger partial charge in [-0.1, -0.05) is 0 Å². The molecule has 1 heterocycles. The molecule has 0 amide bonds. The third-order valence-electron chi connectivity index (χ3n) is 3.07. The Morgan fingerprint density at radius 3 is 2.80 bits per heavy atom. The van der Waals surface area contributed by atoms with E-state index < -0.39 is 0 Å². The molecule has 10 heavy (non-hydrogen) atoms. The molecule has 1 aliphatic heterocycles. The summed E-state index contributed by atoms with van der Waals surface area (Å²) in [5, 5.41) is 3.37. The lowest BCUT2D eigenvalue weighted by molar-refractivity contribution is 0.388. The minimum atomic E-state index is 0.440. The van der Waals surface area contributed by atoms with Gasteiger partial charge in [0.15, 0.2) is 0 Å². The van der Waals surface area contributed by atoms with E-state index in [1.165, 1.54) is 32.2 Å². The van der Waals surface area contributed by atoms with Crippen LogP contribution >= 0.6 is 0 Å². The second-order valence-electron chi connectivity index (χ2n) is 3.78. The summed E-state index contributed by atoms with van der Waals surface area (Å²) in [6.07, 6.45) is 5.46. The molecular formula is C8H16N2. The van der Waals surface area contributed by atoms with Gasteiger partial charge in [-0.2, -0.15) is 0 Å². The third-order valence-corrected chi connectivity index (χ3v) is 3.07. The molecule has 2 aliphatic rings. The van der Waals surface area contributed by atoms with Gasteiger partial charge in [0.25, 0.3) is 0 Å². The number of nitrogens with one attached hydrogen (secondary N) is 1. The zero-order valence-corrected chi connectivity index (χ0v) is 6.40. The van der Waals surface area contributed by atoms with Gasteiger partial charge in [-0.25, -0.2) is 0 Å². The monoisotopic (exact) mass is 140 g/mol. The highest BCUT2D eigenvalue weighted by molar-refractivity contribution is 5.02. The number of hydrogen-bond acceptors (Lipinski definition) is 2. The predicted octanol–water partition coefficient (Wildman–Crippen LogP) is 0.477. The van der Waals surface area contributed by atoms with Gasteiger partial charge >= 0.3 is 0 Å². The van der Waals surface area contributed by atoms with E-state index in [0.29, 0.717) is 11.5 Å². The fraction of sp³-hybridized carbons (Fsp3) is 1.00. The molecule has 2 fully saturated rings. The summed E-state index contributed by atoms with van der Waals surface area (Å²) in [5.41, 5.74) is 6.60. The summed E-state index contributed by atoms with van der Waals surface area (Å²) in [6, 6.07) is 0.440. The van der Waals surface area contributed by atoms with Gasteiger partial charge < -0.3 is 11.1 Å². The van der Waals surface area contributed by atoms with E-state index in [1.54, 1.807) is 0 Å². The standard InChI is InChI=1S/C8H16N2/c9-7-6-10-5-1-2-8(7)3-4-8/h7,10H,1-6,9H2. The summed E-state index contributed by atoms with van der Waals surface area (Å²) in [4.78, 5) is 0. The van der Waals surface area contributed by atoms with Gasteiger partial charge in [0.1, 0.15) is 0 Å². The Morgan fingerprint density at radius 2 is 2.10 bits per heavy atom. The second kappa shape index (κ2) is 2.21. The van der Waals surface area contributed by atoms with Gasteiger partial charge in [0.05, 0.1) is 0 Å². The van der Waals surface area contributed by atoms with E-state index >= 15 is 0 Å². The first-order valence-electron chi connectivity index (χ1n) is 4.30. The maximum absolute atomic E-state index is 6.01. The molecule has 0 aromatic rings. The van der Waals surface area contributed by atoms with Crippen LogP contribution in [0, 0.1) is 5.41 Å². The molecule has 1 unspecified atom stereocenters. The fourth-order valence-electron chi connectivity index (χ4n) is 2.01. The van der Waals surface area contributed by atoms with Crippen LogP contribution < -0.4 is 11.1 Å². The average molecular weight is 140 g/mol. The number of rotatable bonds is 0. The molecular weight excluding hydrogens is 124 g/mol. The van der Waals surface area contributed by atoms with E-state index in [-0.39, 0.29) is 0 Å². The predicted molar refractivity (Wildman–Crippen MR) is 41.7 cm³/mol. The Kier molecular flexibility index (Phi) is 1.46. The Labute approximate surface area is 62.2 Å². The molecule has 3 N–H and O–H groups in total. The lowest BCUT2D eigenvalue weighted by atomic mass is 9.93. The molecule has 2 heteroatoms. The highest BCUT2D eigenvalue weighted by atomic mass is 14.9. The average Bonchev–Trinajstić information content (AvgIpc) is 2.69. The Morgan fingerprint density at radius 1 is 1.30 bits per heavy atom. The molecule has 2 rings (SSSR count). The molecule has 1 aliphatic carbocycles. The summed E-state index contributed by atoms with van der Waals surface area (Å²) in [5.74, 6) is 0. The van der Waals surface area contributed by atoms with Crippen molar-refractivity contribution in [3.05, 3.63) is 0 Å². The lowest BCUT2D eigenvalue weighted by Gasteiger charge is -2.18. The van der Waals surface area contributed by atoms with Crippen LogP contribution in [-0.2, 0) is 0 Å². The van der Waals surface area contributed by atoms with Gasteiger partial charge in [0, 0.05) is 12.6 Å². The molecule has 0 aromatic carbocycles. The van der Waals surface area contributed by atoms with Crippen molar-refractivity contribution in [3.8, 4) is 0 Å². The van der Waals surface area contributed by atoms with Crippen LogP contribution in [0.4, 0.5) is 0 Å². The smallest absolute Gasteiger partial charge is 0.0222 e. The molecule has 0 bridgehead atoms. The molecule has 58 valence electrons. The number of nitrogens with two attached hydrogens (primary N) is 1. The first-order valence-corrected chi connectivity index (χ1v) is 4.30. The van der Waals surface area contributed by atoms with Crippen LogP contribution in [0.1, 0.15) is 25.7 Å². The van der Waals surface area contributed by atoms with Gasteiger partial charge in [0.2, 0.25) is 0 Å². The zero-order chi connectivity index (χ0) is 7.03. The van der Waals surface area contributed by atoms with Gasteiger partial charge in [-0.15, -0.1) is 0 Å². The molecule has 1 atom stereocenters. The van der Waals surface area contributed by atoms with E-state index in [1.807, 2.05) is 0 Å². The van der Waals surface area contributed by atoms with Crippen molar-refractivity contribution in [2.24, 2.45) is 11.1 Å². The van der Waals surface area contributed by atoms with Gasteiger partial charge in [-0.05, 0) is 37.6 Å². The summed E-state index contributed by atoms with van der Waals surface area (Å²) >= 11 is 0.